The van der Waals surface area contributed by atoms with Crippen LogP contribution in [0.2, 0.25) is 0 Å². The number of rotatable bonds is 6. The number of piperidine rings is 1. The van der Waals surface area contributed by atoms with Crippen molar-refractivity contribution in [2.24, 2.45) is 0 Å². The highest BCUT2D eigenvalue weighted by Gasteiger charge is 2.30. The van der Waals surface area contributed by atoms with Crippen LogP contribution in [0.5, 0.6) is 0 Å². The van der Waals surface area contributed by atoms with E-state index in [2.05, 4.69) is 20.0 Å². The van der Waals surface area contributed by atoms with E-state index in [0.717, 1.165) is 44.5 Å². The standard InChI is InChI=1S/C24H26F3N7O/c1-2-9-34-22(35)19-21(31-23(34)32-10-4-3-5-11-32)30-20(29-19)17-13-28-33(15-17)14-16-7-6-8-18(12-16)24(25,26)27/h6-8,12-13,15H,2-5,9-11,14H2,1H3,(H,29,30). The summed E-state index contributed by atoms with van der Waals surface area (Å²) in [7, 11) is 0. The molecule has 8 nitrogen and oxygen atoms in total. The normalized spacial score (nSPS) is 14.7. The number of benzene rings is 1. The van der Waals surface area contributed by atoms with E-state index in [9.17, 15) is 18.0 Å². The summed E-state index contributed by atoms with van der Waals surface area (Å²) in [5, 5.41) is 4.27. The quantitative estimate of drug-likeness (QED) is 0.436. The molecule has 4 heterocycles. The first-order chi connectivity index (χ1) is 16.8. The Kier molecular flexibility index (Phi) is 6.08. The summed E-state index contributed by atoms with van der Waals surface area (Å²) in [6.07, 6.45) is 2.97. The van der Waals surface area contributed by atoms with Gasteiger partial charge in [-0.3, -0.25) is 14.0 Å². The minimum Gasteiger partial charge on any atom is -0.342 e. The van der Waals surface area contributed by atoms with E-state index < -0.39 is 11.7 Å². The minimum absolute atomic E-state index is 0.160. The Bertz CT molecular complexity index is 1400. The Hall–Kier alpha value is -3.63. The number of nitrogens with one attached hydrogen (secondary N) is 1. The number of alkyl halides is 3. The fourth-order valence-electron chi connectivity index (χ4n) is 4.48. The first-order valence-corrected chi connectivity index (χ1v) is 11.8. The molecule has 0 aliphatic carbocycles. The largest absolute Gasteiger partial charge is 0.416 e. The van der Waals surface area contributed by atoms with Crippen LogP contribution in [0.1, 0.15) is 43.7 Å². The van der Waals surface area contributed by atoms with Gasteiger partial charge in [-0.25, -0.2) is 4.98 Å². The Morgan fingerprint density at radius 3 is 2.66 bits per heavy atom. The molecule has 4 aromatic rings. The summed E-state index contributed by atoms with van der Waals surface area (Å²) >= 11 is 0. The van der Waals surface area contributed by atoms with Crippen LogP contribution >= 0.6 is 0 Å². The van der Waals surface area contributed by atoms with Crippen LogP contribution < -0.4 is 10.5 Å². The Balaban J connectivity index is 1.46. The molecule has 1 aliphatic heterocycles. The zero-order valence-electron chi connectivity index (χ0n) is 19.3. The topological polar surface area (TPSA) is 84.6 Å². The number of aromatic amines is 1. The highest BCUT2D eigenvalue weighted by molar-refractivity contribution is 5.76. The summed E-state index contributed by atoms with van der Waals surface area (Å²) in [6.45, 7) is 4.48. The van der Waals surface area contributed by atoms with Gasteiger partial charge in [-0.05, 0) is 43.4 Å². The van der Waals surface area contributed by atoms with Crippen molar-refractivity contribution in [1.82, 2.24) is 29.3 Å². The zero-order valence-corrected chi connectivity index (χ0v) is 19.3. The van der Waals surface area contributed by atoms with E-state index in [1.54, 1.807) is 27.7 Å². The zero-order chi connectivity index (χ0) is 24.6. The van der Waals surface area contributed by atoms with Gasteiger partial charge in [0.05, 0.1) is 23.9 Å². The molecule has 3 aromatic heterocycles. The predicted octanol–water partition coefficient (Wildman–Crippen LogP) is 4.45. The Morgan fingerprint density at radius 1 is 1.11 bits per heavy atom. The van der Waals surface area contributed by atoms with E-state index in [1.165, 1.54) is 12.5 Å². The molecule has 1 aliphatic rings. The highest BCUT2D eigenvalue weighted by atomic mass is 19.4. The Morgan fingerprint density at radius 2 is 1.91 bits per heavy atom. The number of halogens is 3. The predicted molar refractivity (Wildman–Crippen MR) is 126 cm³/mol. The van der Waals surface area contributed by atoms with Crippen molar-refractivity contribution in [3.63, 3.8) is 0 Å². The van der Waals surface area contributed by atoms with Gasteiger partial charge in [0.15, 0.2) is 11.2 Å². The number of fused-ring (bicyclic) bond motifs is 1. The van der Waals surface area contributed by atoms with Crippen LogP contribution in [0.3, 0.4) is 0 Å². The summed E-state index contributed by atoms with van der Waals surface area (Å²) < 4.78 is 42.3. The summed E-state index contributed by atoms with van der Waals surface area (Å²) in [6, 6.07) is 5.17. The molecular weight excluding hydrogens is 459 g/mol. The average Bonchev–Trinajstić information content (AvgIpc) is 3.48. The molecule has 0 bridgehead atoms. The molecule has 1 saturated heterocycles. The first-order valence-electron chi connectivity index (χ1n) is 11.8. The fourth-order valence-corrected chi connectivity index (χ4v) is 4.48. The lowest BCUT2D eigenvalue weighted by molar-refractivity contribution is -0.137. The van der Waals surface area contributed by atoms with Crippen molar-refractivity contribution >= 4 is 17.1 Å². The molecular formula is C24H26F3N7O. The number of anilines is 1. The van der Waals surface area contributed by atoms with Gasteiger partial charge in [0.2, 0.25) is 5.95 Å². The molecule has 0 saturated carbocycles. The summed E-state index contributed by atoms with van der Waals surface area (Å²) in [5.74, 6) is 1.10. The molecule has 1 aromatic carbocycles. The number of hydrogen-bond acceptors (Lipinski definition) is 5. The summed E-state index contributed by atoms with van der Waals surface area (Å²) in [5.41, 5.74) is 0.930. The molecule has 1 fully saturated rings. The molecule has 35 heavy (non-hydrogen) atoms. The van der Waals surface area contributed by atoms with Crippen LogP contribution in [0.25, 0.3) is 22.6 Å². The van der Waals surface area contributed by atoms with Crippen molar-refractivity contribution in [2.45, 2.75) is 51.9 Å². The molecule has 1 N–H and O–H groups in total. The van der Waals surface area contributed by atoms with Gasteiger partial charge in [-0.2, -0.15) is 23.3 Å². The van der Waals surface area contributed by atoms with Gasteiger partial charge in [-0.1, -0.05) is 19.1 Å². The van der Waals surface area contributed by atoms with Gasteiger partial charge in [0.25, 0.3) is 5.56 Å². The lowest BCUT2D eigenvalue weighted by Gasteiger charge is -2.29. The third-order valence-electron chi connectivity index (χ3n) is 6.18. The SMILES string of the molecule is CCCn1c(N2CCCCC2)nc2nc(-c3cnn(Cc4cccc(C(F)(F)F)c4)c3)[nH]c2c1=O. The lowest BCUT2D eigenvalue weighted by Crippen LogP contribution is -2.36. The van der Waals surface area contributed by atoms with E-state index in [4.69, 9.17) is 4.98 Å². The van der Waals surface area contributed by atoms with Gasteiger partial charge < -0.3 is 9.88 Å². The van der Waals surface area contributed by atoms with Crippen LogP contribution in [-0.2, 0) is 19.3 Å². The van der Waals surface area contributed by atoms with Gasteiger partial charge in [-0.15, -0.1) is 0 Å². The van der Waals surface area contributed by atoms with Gasteiger partial charge in [0, 0.05) is 25.8 Å². The smallest absolute Gasteiger partial charge is 0.342 e. The van der Waals surface area contributed by atoms with Crippen LogP contribution in [0.15, 0.2) is 41.5 Å². The maximum absolute atomic E-state index is 13.3. The first kappa shape index (κ1) is 23.1. The molecule has 0 unspecified atom stereocenters. The maximum Gasteiger partial charge on any atom is 0.416 e. The summed E-state index contributed by atoms with van der Waals surface area (Å²) in [4.78, 5) is 27.8. The Labute approximate surface area is 199 Å². The second-order valence-electron chi connectivity index (χ2n) is 8.83. The minimum atomic E-state index is -4.40. The highest BCUT2D eigenvalue weighted by Crippen LogP contribution is 2.30. The molecule has 184 valence electrons. The average molecular weight is 486 g/mol. The van der Waals surface area contributed by atoms with Gasteiger partial charge >= 0.3 is 6.18 Å². The molecule has 0 spiro atoms. The van der Waals surface area contributed by atoms with E-state index in [0.29, 0.717) is 40.6 Å². The molecule has 0 radical (unpaired) electrons. The van der Waals surface area contributed by atoms with Crippen molar-refractivity contribution in [3.8, 4) is 11.4 Å². The maximum atomic E-state index is 13.3. The number of H-pyrrole nitrogens is 1. The third-order valence-corrected chi connectivity index (χ3v) is 6.18. The van der Waals surface area contributed by atoms with Crippen LogP contribution in [0.4, 0.5) is 19.1 Å². The lowest BCUT2D eigenvalue weighted by atomic mass is 10.1. The second kappa shape index (κ2) is 9.20. The number of hydrogen-bond donors (Lipinski definition) is 1. The number of nitrogens with zero attached hydrogens (tertiary/aromatic N) is 6. The van der Waals surface area contributed by atoms with Crippen molar-refractivity contribution in [1.29, 1.82) is 0 Å². The van der Waals surface area contributed by atoms with Crippen molar-refractivity contribution in [2.75, 3.05) is 18.0 Å². The fraction of sp³-hybridized carbons (Fsp3) is 0.417. The molecule has 0 atom stereocenters. The van der Waals surface area contributed by atoms with E-state index in [-0.39, 0.29) is 12.1 Å². The van der Waals surface area contributed by atoms with Crippen LogP contribution in [-0.4, -0.2) is 42.4 Å². The number of imidazole rings is 1. The van der Waals surface area contributed by atoms with Crippen LogP contribution in [0, 0.1) is 0 Å². The monoisotopic (exact) mass is 485 g/mol. The second-order valence-corrected chi connectivity index (χ2v) is 8.83. The van der Waals surface area contributed by atoms with E-state index in [1.807, 2.05) is 6.92 Å². The van der Waals surface area contributed by atoms with Crippen molar-refractivity contribution in [3.05, 3.63) is 58.1 Å². The van der Waals surface area contributed by atoms with Crippen molar-refractivity contribution < 1.29 is 13.2 Å². The molecule has 5 rings (SSSR count). The third kappa shape index (κ3) is 4.67. The molecule has 11 heteroatoms. The van der Waals surface area contributed by atoms with E-state index >= 15 is 0 Å². The number of aromatic nitrogens is 6. The van der Waals surface area contributed by atoms with Gasteiger partial charge in [0.1, 0.15) is 5.82 Å². The molecule has 0 amide bonds.